The molecule has 26 heavy (non-hydrogen) atoms. The SMILES string of the molecule is CCOc1ccccc1C(=O)NCC(=O)NC1C2CCOC2C12CCC2. The van der Waals surface area contributed by atoms with E-state index in [1.165, 1.54) is 6.42 Å². The van der Waals surface area contributed by atoms with Crippen LogP contribution in [0.25, 0.3) is 0 Å². The van der Waals surface area contributed by atoms with E-state index in [-0.39, 0.29) is 29.8 Å². The van der Waals surface area contributed by atoms with Gasteiger partial charge in [-0.2, -0.15) is 0 Å². The fourth-order valence-electron chi connectivity index (χ4n) is 4.87. The number of rotatable bonds is 6. The number of fused-ring (bicyclic) bond motifs is 2. The molecule has 140 valence electrons. The molecule has 2 N–H and O–H groups in total. The first-order valence-corrected chi connectivity index (χ1v) is 9.57. The largest absolute Gasteiger partial charge is 0.493 e. The Balaban J connectivity index is 1.32. The zero-order valence-corrected chi connectivity index (χ0v) is 15.1. The molecule has 3 aliphatic rings. The highest BCUT2D eigenvalue weighted by atomic mass is 16.5. The van der Waals surface area contributed by atoms with Crippen molar-refractivity contribution < 1.29 is 19.1 Å². The third-order valence-electron chi connectivity index (χ3n) is 6.19. The number of hydrogen-bond donors (Lipinski definition) is 2. The third-order valence-corrected chi connectivity index (χ3v) is 6.19. The van der Waals surface area contributed by atoms with Crippen LogP contribution in [0.4, 0.5) is 0 Å². The van der Waals surface area contributed by atoms with Crippen molar-refractivity contribution in [1.82, 2.24) is 10.6 Å². The highest BCUT2D eigenvalue weighted by Gasteiger charge is 2.66. The monoisotopic (exact) mass is 358 g/mol. The Morgan fingerprint density at radius 3 is 2.85 bits per heavy atom. The van der Waals surface area contributed by atoms with Crippen molar-refractivity contribution in [3.05, 3.63) is 29.8 Å². The first kappa shape index (κ1) is 17.3. The van der Waals surface area contributed by atoms with Crippen molar-refractivity contribution in [3.63, 3.8) is 0 Å². The van der Waals surface area contributed by atoms with Gasteiger partial charge in [-0.25, -0.2) is 0 Å². The van der Waals surface area contributed by atoms with Gasteiger partial charge in [-0.1, -0.05) is 18.6 Å². The van der Waals surface area contributed by atoms with Crippen LogP contribution >= 0.6 is 0 Å². The average molecular weight is 358 g/mol. The minimum Gasteiger partial charge on any atom is -0.493 e. The molecule has 1 aromatic carbocycles. The van der Waals surface area contributed by atoms with Crippen molar-refractivity contribution in [2.24, 2.45) is 11.3 Å². The number of benzene rings is 1. The van der Waals surface area contributed by atoms with Crippen LogP contribution in [-0.2, 0) is 9.53 Å². The summed E-state index contributed by atoms with van der Waals surface area (Å²) in [4.78, 5) is 24.8. The van der Waals surface area contributed by atoms with Gasteiger partial charge >= 0.3 is 0 Å². The first-order chi connectivity index (χ1) is 12.7. The molecular weight excluding hydrogens is 332 g/mol. The van der Waals surface area contributed by atoms with Crippen molar-refractivity contribution in [1.29, 1.82) is 0 Å². The van der Waals surface area contributed by atoms with Gasteiger partial charge in [0.05, 0.1) is 24.8 Å². The van der Waals surface area contributed by atoms with Crippen molar-refractivity contribution >= 4 is 11.8 Å². The molecule has 1 heterocycles. The summed E-state index contributed by atoms with van der Waals surface area (Å²) < 4.78 is 11.4. The van der Waals surface area contributed by atoms with Gasteiger partial charge in [-0.15, -0.1) is 0 Å². The smallest absolute Gasteiger partial charge is 0.255 e. The second kappa shape index (κ2) is 6.91. The summed E-state index contributed by atoms with van der Waals surface area (Å²) in [5.74, 6) is 0.548. The standard InChI is InChI=1S/C20H26N2O4/c1-2-25-15-7-4-3-6-13(15)19(24)21-12-16(23)22-17-14-8-11-26-18(14)20(17)9-5-10-20/h3-4,6-7,14,17-18H,2,5,8-12H2,1H3,(H,21,24)(H,22,23). The van der Waals surface area contributed by atoms with E-state index in [1.807, 2.05) is 13.0 Å². The fraction of sp³-hybridized carbons (Fsp3) is 0.600. The molecule has 1 saturated heterocycles. The Hall–Kier alpha value is -2.08. The van der Waals surface area contributed by atoms with Gasteiger partial charge in [0, 0.05) is 24.0 Å². The molecule has 6 heteroatoms. The number of para-hydroxylation sites is 1. The van der Waals surface area contributed by atoms with E-state index in [9.17, 15) is 9.59 Å². The molecule has 4 rings (SSSR count). The number of carbonyl (C=O) groups excluding carboxylic acids is 2. The van der Waals surface area contributed by atoms with E-state index in [2.05, 4.69) is 10.6 Å². The molecule has 1 aliphatic heterocycles. The van der Waals surface area contributed by atoms with Crippen LogP contribution in [0.3, 0.4) is 0 Å². The summed E-state index contributed by atoms with van der Waals surface area (Å²) in [6, 6.07) is 7.26. The number of carbonyl (C=O) groups is 2. The normalized spacial score (nSPS) is 27.8. The number of nitrogens with one attached hydrogen (secondary N) is 2. The number of hydrogen-bond acceptors (Lipinski definition) is 4. The molecule has 2 aliphatic carbocycles. The van der Waals surface area contributed by atoms with Gasteiger partial charge in [-0.3, -0.25) is 9.59 Å². The molecular formula is C20H26N2O4. The number of amides is 2. The van der Waals surface area contributed by atoms with Crippen LogP contribution in [0.1, 0.15) is 43.0 Å². The van der Waals surface area contributed by atoms with E-state index in [4.69, 9.17) is 9.47 Å². The van der Waals surface area contributed by atoms with Crippen molar-refractivity contribution in [2.45, 2.75) is 44.8 Å². The van der Waals surface area contributed by atoms with Gasteiger partial charge < -0.3 is 20.1 Å². The zero-order valence-electron chi connectivity index (χ0n) is 15.1. The molecule has 3 fully saturated rings. The lowest BCUT2D eigenvalue weighted by molar-refractivity contribution is -0.178. The lowest BCUT2D eigenvalue weighted by Crippen LogP contribution is -2.72. The van der Waals surface area contributed by atoms with E-state index in [1.54, 1.807) is 18.2 Å². The maximum atomic E-state index is 12.4. The summed E-state index contributed by atoms with van der Waals surface area (Å²) in [7, 11) is 0. The summed E-state index contributed by atoms with van der Waals surface area (Å²) in [5, 5.41) is 5.87. The maximum Gasteiger partial charge on any atom is 0.255 e. The third kappa shape index (κ3) is 2.76. The minimum atomic E-state index is -0.293. The van der Waals surface area contributed by atoms with Gasteiger partial charge in [0.2, 0.25) is 5.91 Å². The number of ether oxygens (including phenoxy) is 2. The van der Waals surface area contributed by atoms with Gasteiger partial charge in [0.15, 0.2) is 0 Å². The second-order valence-corrected chi connectivity index (χ2v) is 7.49. The Labute approximate surface area is 153 Å². The fourth-order valence-corrected chi connectivity index (χ4v) is 4.87. The molecule has 1 spiro atoms. The van der Waals surface area contributed by atoms with Crippen LogP contribution < -0.4 is 15.4 Å². The molecule has 0 aromatic heterocycles. The molecule has 1 aromatic rings. The van der Waals surface area contributed by atoms with E-state index >= 15 is 0 Å². The summed E-state index contributed by atoms with van der Waals surface area (Å²) in [6.45, 7) is 3.13. The highest BCUT2D eigenvalue weighted by molar-refractivity contribution is 5.98. The second-order valence-electron chi connectivity index (χ2n) is 7.49. The molecule has 0 radical (unpaired) electrons. The van der Waals surface area contributed by atoms with E-state index < -0.39 is 0 Å². The molecule has 6 nitrogen and oxygen atoms in total. The average Bonchev–Trinajstić information content (AvgIpc) is 3.02. The van der Waals surface area contributed by atoms with Gasteiger partial charge in [0.25, 0.3) is 5.91 Å². The van der Waals surface area contributed by atoms with Crippen LogP contribution in [-0.4, -0.2) is 43.7 Å². The van der Waals surface area contributed by atoms with Crippen LogP contribution in [0.2, 0.25) is 0 Å². The van der Waals surface area contributed by atoms with Crippen LogP contribution in [0.5, 0.6) is 5.75 Å². The molecule has 3 unspecified atom stereocenters. The molecule has 0 bridgehead atoms. The Morgan fingerprint density at radius 1 is 1.31 bits per heavy atom. The Morgan fingerprint density at radius 2 is 2.12 bits per heavy atom. The molecule has 3 atom stereocenters. The highest BCUT2D eigenvalue weighted by Crippen LogP contribution is 2.62. The maximum absolute atomic E-state index is 12.4. The predicted octanol–water partition coefficient (Wildman–Crippen LogP) is 1.89. The van der Waals surface area contributed by atoms with Crippen LogP contribution in [0.15, 0.2) is 24.3 Å². The first-order valence-electron chi connectivity index (χ1n) is 9.57. The minimum absolute atomic E-state index is 0.0237. The van der Waals surface area contributed by atoms with E-state index in [0.29, 0.717) is 29.9 Å². The van der Waals surface area contributed by atoms with Crippen LogP contribution in [0, 0.1) is 11.3 Å². The lowest BCUT2D eigenvalue weighted by Gasteiger charge is -2.63. The van der Waals surface area contributed by atoms with Crippen molar-refractivity contribution in [2.75, 3.05) is 19.8 Å². The van der Waals surface area contributed by atoms with Gasteiger partial charge in [-0.05, 0) is 38.3 Å². The summed E-state index contributed by atoms with van der Waals surface area (Å²) in [5.41, 5.74) is 0.605. The Kier molecular flexibility index (Phi) is 4.61. The Bertz CT molecular complexity index is 701. The van der Waals surface area contributed by atoms with Crippen molar-refractivity contribution in [3.8, 4) is 5.75 Å². The topological polar surface area (TPSA) is 76.7 Å². The molecule has 2 saturated carbocycles. The predicted molar refractivity (Wildman–Crippen MR) is 96.0 cm³/mol. The van der Waals surface area contributed by atoms with Gasteiger partial charge in [0.1, 0.15) is 5.75 Å². The zero-order chi connectivity index (χ0) is 18.1. The molecule has 2 amide bonds. The van der Waals surface area contributed by atoms with E-state index in [0.717, 1.165) is 25.9 Å². The summed E-state index contributed by atoms with van der Waals surface area (Å²) >= 11 is 0. The summed E-state index contributed by atoms with van der Waals surface area (Å²) in [6.07, 6.45) is 4.82. The quantitative estimate of drug-likeness (QED) is 0.814. The lowest BCUT2D eigenvalue weighted by atomic mass is 9.46.